The quantitative estimate of drug-likeness (QED) is 0.745. The zero-order chi connectivity index (χ0) is 18.7. The Morgan fingerprint density at radius 2 is 2.08 bits per heavy atom. The van der Waals surface area contributed by atoms with E-state index in [4.69, 9.17) is 4.74 Å². The molecule has 1 aromatic rings. The van der Waals surface area contributed by atoms with Gasteiger partial charge in [-0.25, -0.2) is 0 Å². The van der Waals surface area contributed by atoms with Gasteiger partial charge in [0.25, 0.3) is 0 Å². The molecular formula is C20H28N2O4. The smallest absolute Gasteiger partial charge is 0.308 e. The van der Waals surface area contributed by atoms with Gasteiger partial charge in [-0.2, -0.15) is 0 Å². The van der Waals surface area contributed by atoms with Gasteiger partial charge < -0.3 is 15.2 Å². The molecule has 0 spiro atoms. The van der Waals surface area contributed by atoms with Crippen LogP contribution in [0.25, 0.3) is 0 Å². The zero-order valence-electron chi connectivity index (χ0n) is 15.5. The SMILES string of the molecule is CCOc1ccccc1C(CC)NC(=O)CN1C2CCC1C(C(=O)O)C2. The highest BCUT2D eigenvalue weighted by atomic mass is 16.5. The minimum Gasteiger partial charge on any atom is -0.494 e. The van der Waals surface area contributed by atoms with E-state index < -0.39 is 5.97 Å². The van der Waals surface area contributed by atoms with Crippen LogP contribution in [0.4, 0.5) is 0 Å². The van der Waals surface area contributed by atoms with Crippen molar-refractivity contribution in [3.63, 3.8) is 0 Å². The second kappa shape index (κ2) is 8.08. The van der Waals surface area contributed by atoms with E-state index in [-0.39, 0.29) is 36.5 Å². The molecule has 2 heterocycles. The summed E-state index contributed by atoms with van der Waals surface area (Å²) in [6.07, 6.45) is 3.30. The van der Waals surface area contributed by atoms with Crippen molar-refractivity contribution < 1.29 is 19.4 Å². The minimum absolute atomic E-state index is 0.000891. The van der Waals surface area contributed by atoms with Gasteiger partial charge in [0.15, 0.2) is 0 Å². The Kier molecular flexibility index (Phi) is 5.81. The topological polar surface area (TPSA) is 78.9 Å². The zero-order valence-corrected chi connectivity index (χ0v) is 15.5. The first-order chi connectivity index (χ1) is 12.5. The average Bonchev–Trinajstić information content (AvgIpc) is 3.17. The number of nitrogens with zero attached hydrogens (tertiary/aromatic N) is 1. The molecule has 0 radical (unpaired) electrons. The second-order valence-electron chi connectivity index (χ2n) is 7.15. The molecule has 3 rings (SSSR count). The van der Waals surface area contributed by atoms with E-state index >= 15 is 0 Å². The summed E-state index contributed by atoms with van der Waals surface area (Å²) in [5.41, 5.74) is 0.984. The third-order valence-electron chi connectivity index (χ3n) is 5.66. The maximum atomic E-state index is 12.7. The Morgan fingerprint density at radius 1 is 1.31 bits per heavy atom. The summed E-state index contributed by atoms with van der Waals surface area (Å²) in [6.45, 7) is 4.83. The summed E-state index contributed by atoms with van der Waals surface area (Å²) in [6, 6.07) is 7.90. The lowest BCUT2D eigenvalue weighted by Crippen LogP contribution is -2.42. The fraction of sp³-hybridized carbons (Fsp3) is 0.600. The number of fused-ring (bicyclic) bond motifs is 2. The van der Waals surface area contributed by atoms with Crippen LogP contribution in [0.15, 0.2) is 24.3 Å². The van der Waals surface area contributed by atoms with E-state index in [1.165, 1.54) is 0 Å². The standard InChI is InChI=1S/C20H28N2O4/c1-3-16(14-7-5-6-8-18(14)26-4-2)21-19(23)12-22-13-9-10-17(22)15(11-13)20(24)25/h5-8,13,15-17H,3-4,9-12H2,1-2H3,(H,21,23)(H,24,25). The lowest BCUT2D eigenvalue weighted by Gasteiger charge is -2.25. The molecule has 0 aromatic heterocycles. The van der Waals surface area contributed by atoms with Crippen molar-refractivity contribution in [1.29, 1.82) is 0 Å². The predicted molar refractivity (Wildman–Crippen MR) is 98.0 cm³/mol. The number of nitrogens with one attached hydrogen (secondary N) is 1. The second-order valence-corrected chi connectivity index (χ2v) is 7.15. The lowest BCUT2D eigenvalue weighted by atomic mass is 9.89. The number of rotatable bonds is 8. The Balaban J connectivity index is 1.65. The number of ether oxygens (including phenoxy) is 1. The number of aliphatic carboxylic acids is 1. The molecule has 1 aromatic carbocycles. The Hall–Kier alpha value is -2.08. The van der Waals surface area contributed by atoms with E-state index in [1.54, 1.807) is 0 Å². The summed E-state index contributed by atoms with van der Waals surface area (Å²) in [5, 5.41) is 12.5. The summed E-state index contributed by atoms with van der Waals surface area (Å²) < 4.78 is 5.69. The van der Waals surface area contributed by atoms with Gasteiger partial charge in [0.1, 0.15) is 5.75 Å². The van der Waals surface area contributed by atoms with E-state index in [0.29, 0.717) is 13.0 Å². The summed E-state index contributed by atoms with van der Waals surface area (Å²) in [7, 11) is 0. The van der Waals surface area contributed by atoms with Crippen molar-refractivity contribution >= 4 is 11.9 Å². The molecule has 2 fully saturated rings. The van der Waals surface area contributed by atoms with Gasteiger partial charge in [-0.1, -0.05) is 25.1 Å². The third-order valence-corrected chi connectivity index (χ3v) is 5.66. The van der Waals surface area contributed by atoms with Crippen LogP contribution in [0.5, 0.6) is 5.75 Å². The van der Waals surface area contributed by atoms with Crippen molar-refractivity contribution in [2.75, 3.05) is 13.2 Å². The van der Waals surface area contributed by atoms with Crippen molar-refractivity contribution in [1.82, 2.24) is 10.2 Å². The Morgan fingerprint density at radius 3 is 2.73 bits per heavy atom. The molecule has 0 saturated carbocycles. The fourth-order valence-electron chi connectivity index (χ4n) is 4.47. The molecule has 6 heteroatoms. The number of carboxylic acid groups (broad SMARTS) is 1. The molecule has 2 saturated heterocycles. The Labute approximate surface area is 154 Å². The van der Waals surface area contributed by atoms with Crippen LogP contribution in [0.1, 0.15) is 51.1 Å². The summed E-state index contributed by atoms with van der Waals surface area (Å²) >= 11 is 0. The highest BCUT2D eigenvalue weighted by Gasteiger charge is 2.49. The number of benzene rings is 1. The van der Waals surface area contributed by atoms with Crippen LogP contribution in [0, 0.1) is 5.92 Å². The van der Waals surface area contributed by atoms with Crippen LogP contribution >= 0.6 is 0 Å². The number of para-hydroxylation sites is 1. The van der Waals surface area contributed by atoms with E-state index in [0.717, 1.165) is 30.6 Å². The number of carbonyl (C=O) groups excluding carboxylic acids is 1. The number of hydrogen-bond acceptors (Lipinski definition) is 4. The minimum atomic E-state index is -0.736. The van der Waals surface area contributed by atoms with E-state index in [1.807, 2.05) is 38.1 Å². The van der Waals surface area contributed by atoms with E-state index in [9.17, 15) is 14.7 Å². The number of amides is 1. The fourth-order valence-corrected chi connectivity index (χ4v) is 4.47. The molecule has 2 aliphatic rings. The maximum Gasteiger partial charge on any atom is 0.308 e. The molecule has 4 atom stereocenters. The average molecular weight is 360 g/mol. The van der Waals surface area contributed by atoms with Crippen LogP contribution < -0.4 is 10.1 Å². The van der Waals surface area contributed by atoms with Crippen molar-refractivity contribution in [2.45, 2.75) is 57.7 Å². The number of carboxylic acids is 1. The van der Waals surface area contributed by atoms with Crippen molar-refractivity contribution in [2.24, 2.45) is 5.92 Å². The molecule has 4 unspecified atom stereocenters. The first kappa shape index (κ1) is 18.7. The molecule has 0 aliphatic carbocycles. The largest absolute Gasteiger partial charge is 0.494 e. The number of carbonyl (C=O) groups is 2. The summed E-state index contributed by atoms with van der Waals surface area (Å²) in [4.78, 5) is 26.1. The highest BCUT2D eigenvalue weighted by Crippen LogP contribution is 2.41. The van der Waals surface area contributed by atoms with Gasteiger partial charge in [-0.3, -0.25) is 14.5 Å². The van der Waals surface area contributed by atoms with Gasteiger partial charge in [0, 0.05) is 17.6 Å². The molecule has 6 nitrogen and oxygen atoms in total. The van der Waals surface area contributed by atoms with Gasteiger partial charge in [0.05, 0.1) is 25.1 Å². The van der Waals surface area contributed by atoms with Crippen molar-refractivity contribution in [3.05, 3.63) is 29.8 Å². The van der Waals surface area contributed by atoms with E-state index in [2.05, 4.69) is 10.2 Å². The highest BCUT2D eigenvalue weighted by molar-refractivity contribution is 5.79. The molecule has 2 bridgehead atoms. The summed E-state index contributed by atoms with van der Waals surface area (Å²) in [5.74, 6) is -0.317. The lowest BCUT2D eigenvalue weighted by molar-refractivity contribution is -0.143. The van der Waals surface area contributed by atoms with Crippen LogP contribution in [-0.4, -0.2) is 47.1 Å². The molecule has 26 heavy (non-hydrogen) atoms. The van der Waals surface area contributed by atoms with Crippen LogP contribution in [0.2, 0.25) is 0 Å². The molecule has 1 amide bonds. The van der Waals surface area contributed by atoms with Gasteiger partial charge in [0.2, 0.25) is 5.91 Å². The first-order valence-corrected chi connectivity index (χ1v) is 9.54. The van der Waals surface area contributed by atoms with Crippen LogP contribution in [0.3, 0.4) is 0 Å². The first-order valence-electron chi connectivity index (χ1n) is 9.54. The number of hydrogen-bond donors (Lipinski definition) is 2. The monoisotopic (exact) mass is 360 g/mol. The normalized spacial score (nSPS) is 25.8. The van der Waals surface area contributed by atoms with Crippen LogP contribution in [-0.2, 0) is 9.59 Å². The predicted octanol–water partition coefficient (Wildman–Crippen LogP) is 2.59. The molecule has 142 valence electrons. The molecular weight excluding hydrogens is 332 g/mol. The van der Waals surface area contributed by atoms with Gasteiger partial charge >= 0.3 is 5.97 Å². The van der Waals surface area contributed by atoms with Gasteiger partial charge in [-0.05, 0) is 38.7 Å². The third kappa shape index (κ3) is 3.70. The Bertz CT molecular complexity index is 663. The molecule has 2 aliphatic heterocycles. The molecule has 2 N–H and O–H groups in total. The van der Waals surface area contributed by atoms with Crippen molar-refractivity contribution in [3.8, 4) is 5.75 Å². The van der Waals surface area contributed by atoms with Gasteiger partial charge in [-0.15, -0.1) is 0 Å². The maximum absolute atomic E-state index is 12.7.